The van der Waals surface area contributed by atoms with Crippen molar-refractivity contribution >= 4 is 24.6 Å². The number of esters is 1. The zero-order valence-electron chi connectivity index (χ0n) is 43.6. The number of rotatable bonds is 28. The number of ether oxygens (including phenoxy) is 1. The molecule has 6 nitrogen and oxygen atoms in total. The first kappa shape index (κ1) is 57.5. The van der Waals surface area contributed by atoms with E-state index in [1.165, 1.54) is 109 Å². The molecule has 0 saturated heterocycles. The Balaban J connectivity index is 2.19. The first-order valence-corrected chi connectivity index (χ1v) is 25.9. The molecule has 1 unspecified atom stereocenters. The zero-order valence-corrected chi connectivity index (χ0v) is 44.5. The van der Waals surface area contributed by atoms with E-state index in [2.05, 4.69) is 6.92 Å². The number of unbranched alkanes of at least 4 members (excludes halogenated alkanes) is 19. The molecule has 2 aromatic rings. The average molecular weight is 909 g/mol. The van der Waals surface area contributed by atoms with Crippen LogP contribution in [0.1, 0.15) is 265 Å². The van der Waals surface area contributed by atoms with Gasteiger partial charge in [0.2, 0.25) is 0 Å². The maximum Gasteiger partial charge on any atom is 0.325 e. The van der Waals surface area contributed by atoms with Crippen molar-refractivity contribution in [3.05, 3.63) is 57.6 Å². The summed E-state index contributed by atoms with van der Waals surface area (Å²) in [6.07, 6.45) is 26.2. The number of carboxylic acid groups (broad SMARTS) is 1. The van der Waals surface area contributed by atoms with Gasteiger partial charge in [-0.1, -0.05) is 236 Å². The van der Waals surface area contributed by atoms with E-state index in [9.17, 15) is 24.9 Å². The second-order valence-corrected chi connectivity index (χ2v) is 24.8. The molecule has 0 aliphatic carbocycles. The second kappa shape index (κ2) is 25.5. The summed E-state index contributed by atoms with van der Waals surface area (Å²) >= 11 is 4.86. The monoisotopic (exact) mass is 909 g/mol. The zero-order chi connectivity index (χ0) is 48.6. The third-order valence-electron chi connectivity index (χ3n) is 13.2. The Morgan fingerprint density at radius 1 is 0.469 bits per heavy atom. The van der Waals surface area contributed by atoms with Crippen LogP contribution in [0, 0.1) is 5.41 Å². The van der Waals surface area contributed by atoms with Crippen LogP contribution < -0.4 is 0 Å². The number of carboxylic acids is 1. The Morgan fingerprint density at radius 3 is 0.953 bits per heavy atom. The molecule has 0 bridgehead atoms. The van der Waals surface area contributed by atoms with E-state index in [1.807, 2.05) is 107 Å². The van der Waals surface area contributed by atoms with Crippen molar-refractivity contribution in [2.75, 3.05) is 0 Å². The SMILES string of the molecule is CCCCCCCCCCCCCCCCCCCCCCC(C)(S)OC(=O)C(Cc1cc(C(C)(C)C)c(O)c(C(C)(C)C)c1)(Cc1cc(C(C)(C)C)c(O)c(C(C)(C)C)c1)C(=O)O. The van der Waals surface area contributed by atoms with Crippen molar-refractivity contribution in [3.63, 3.8) is 0 Å². The third kappa shape index (κ3) is 18.9. The van der Waals surface area contributed by atoms with Gasteiger partial charge in [0.1, 0.15) is 11.5 Å². The van der Waals surface area contributed by atoms with E-state index in [1.54, 1.807) is 6.92 Å². The van der Waals surface area contributed by atoms with Crippen molar-refractivity contribution in [1.29, 1.82) is 0 Å². The summed E-state index contributed by atoms with van der Waals surface area (Å²) < 4.78 is 6.23. The molecule has 7 heteroatoms. The van der Waals surface area contributed by atoms with Crippen LogP contribution in [0.25, 0.3) is 0 Å². The normalized spacial score (nSPS) is 13.9. The topological polar surface area (TPSA) is 104 Å². The third-order valence-corrected chi connectivity index (χ3v) is 13.5. The van der Waals surface area contributed by atoms with Gasteiger partial charge in [-0.3, -0.25) is 9.59 Å². The van der Waals surface area contributed by atoms with Crippen molar-refractivity contribution in [2.24, 2.45) is 5.41 Å². The van der Waals surface area contributed by atoms with Gasteiger partial charge in [-0.25, -0.2) is 0 Å². The van der Waals surface area contributed by atoms with Gasteiger partial charge >= 0.3 is 11.9 Å². The molecule has 366 valence electrons. The van der Waals surface area contributed by atoms with Gasteiger partial charge in [-0.05, 0) is 87.6 Å². The second-order valence-electron chi connectivity index (χ2n) is 23.9. The molecule has 0 aliphatic heterocycles. The van der Waals surface area contributed by atoms with E-state index < -0.39 is 43.9 Å². The maximum absolute atomic E-state index is 14.9. The van der Waals surface area contributed by atoms with E-state index in [0.29, 0.717) is 39.8 Å². The molecule has 2 rings (SSSR count). The smallest absolute Gasteiger partial charge is 0.325 e. The molecule has 64 heavy (non-hydrogen) atoms. The summed E-state index contributed by atoms with van der Waals surface area (Å²) in [5.74, 6) is -1.75. The molecule has 0 saturated carbocycles. The van der Waals surface area contributed by atoms with Crippen LogP contribution in [-0.4, -0.2) is 32.2 Å². The van der Waals surface area contributed by atoms with Crippen LogP contribution in [0.3, 0.4) is 0 Å². The number of phenolic OH excluding ortho intramolecular Hbond substituents is 2. The molecule has 0 radical (unpaired) electrons. The highest BCUT2D eigenvalue weighted by Crippen LogP contribution is 2.45. The highest BCUT2D eigenvalue weighted by atomic mass is 32.1. The molecular weight excluding hydrogens is 813 g/mol. The molecule has 0 spiro atoms. The number of carbonyl (C=O) groups is 2. The van der Waals surface area contributed by atoms with Crippen molar-refractivity contribution < 1.29 is 29.6 Å². The van der Waals surface area contributed by atoms with Crippen molar-refractivity contribution in [3.8, 4) is 11.5 Å². The number of aromatic hydroxyl groups is 2. The molecular formula is C57H96O6S. The fraction of sp³-hybridized carbons (Fsp3) is 0.754. The standard InChI is InChI=1S/C57H96O6S/c1-15-16-17-18-19-20-21-22-23-24-25-26-27-28-29-30-31-32-33-34-35-56(14,64)63-51(62)57(50(60)61,40-42-36-44(52(2,3)4)48(58)45(37-42)53(5,6)7)41-43-38-46(54(8,9)10)49(59)47(39-43)55(11,12)13/h36-39,58-59,64H,15-35,40-41H2,1-14H3,(H,60,61). The molecule has 2 aromatic carbocycles. The lowest BCUT2D eigenvalue weighted by atomic mass is 9.71. The summed E-state index contributed by atoms with van der Waals surface area (Å²) in [5.41, 5.74) is 0.161. The summed E-state index contributed by atoms with van der Waals surface area (Å²) in [6.45, 7) is 28.2. The predicted molar refractivity (Wildman–Crippen MR) is 275 cm³/mol. The molecule has 0 aliphatic rings. The first-order valence-electron chi connectivity index (χ1n) is 25.5. The molecule has 0 amide bonds. The van der Waals surface area contributed by atoms with Crippen molar-refractivity contribution in [1.82, 2.24) is 0 Å². The number of hydrogen-bond acceptors (Lipinski definition) is 6. The molecule has 0 fully saturated rings. The molecule has 0 heterocycles. The van der Waals surface area contributed by atoms with Crippen LogP contribution in [0.2, 0.25) is 0 Å². The lowest BCUT2D eigenvalue weighted by Gasteiger charge is -2.35. The Kier molecular flexibility index (Phi) is 22.9. The largest absolute Gasteiger partial charge is 0.507 e. The van der Waals surface area contributed by atoms with E-state index in [0.717, 1.165) is 19.3 Å². The van der Waals surface area contributed by atoms with Gasteiger partial charge in [0.15, 0.2) is 10.3 Å². The summed E-state index contributed by atoms with van der Waals surface area (Å²) in [6, 6.07) is 7.42. The fourth-order valence-corrected chi connectivity index (χ4v) is 9.32. The van der Waals surface area contributed by atoms with Crippen LogP contribution >= 0.6 is 12.6 Å². The average Bonchev–Trinajstić information content (AvgIpc) is 3.15. The van der Waals surface area contributed by atoms with E-state index >= 15 is 0 Å². The minimum absolute atomic E-state index is 0.159. The van der Waals surface area contributed by atoms with Gasteiger partial charge in [0.25, 0.3) is 0 Å². The van der Waals surface area contributed by atoms with Gasteiger partial charge in [-0.2, -0.15) is 0 Å². The number of benzene rings is 2. The van der Waals surface area contributed by atoms with Crippen LogP contribution in [-0.2, 0) is 48.8 Å². The number of carbonyl (C=O) groups excluding carboxylic acids is 1. The quantitative estimate of drug-likeness (QED) is 0.0223. The number of thiol groups is 1. The Labute approximate surface area is 398 Å². The number of phenols is 2. The highest BCUT2D eigenvalue weighted by Gasteiger charge is 2.50. The minimum Gasteiger partial charge on any atom is -0.507 e. The van der Waals surface area contributed by atoms with Gasteiger partial charge < -0.3 is 20.1 Å². The Bertz CT molecular complexity index is 1570. The van der Waals surface area contributed by atoms with Gasteiger partial charge in [-0.15, -0.1) is 12.6 Å². The summed E-state index contributed by atoms with van der Waals surface area (Å²) in [5, 5.41) is 34.5. The van der Waals surface area contributed by atoms with Crippen molar-refractivity contribution in [2.45, 2.75) is 271 Å². The highest BCUT2D eigenvalue weighted by molar-refractivity contribution is 7.81. The van der Waals surface area contributed by atoms with Crippen LogP contribution in [0.4, 0.5) is 0 Å². The lowest BCUT2D eigenvalue weighted by molar-refractivity contribution is -0.174. The minimum atomic E-state index is -2.04. The molecule has 0 aromatic heterocycles. The van der Waals surface area contributed by atoms with Gasteiger partial charge in [0, 0.05) is 0 Å². The van der Waals surface area contributed by atoms with E-state index in [4.69, 9.17) is 17.4 Å². The van der Waals surface area contributed by atoms with Crippen LogP contribution in [0.15, 0.2) is 24.3 Å². The predicted octanol–water partition coefficient (Wildman–Crippen LogP) is 16.5. The summed E-state index contributed by atoms with van der Waals surface area (Å²) in [4.78, 5) is 27.6. The summed E-state index contributed by atoms with van der Waals surface area (Å²) in [7, 11) is 0. The number of hydrogen-bond donors (Lipinski definition) is 4. The molecule has 1 atom stereocenters. The lowest BCUT2D eigenvalue weighted by Crippen LogP contribution is -2.47. The van der Waals surface area contributed by atoms with Gasteiger partial charge in [0.05, 0.1) is 0 Å². The number of aliphatic carboxylic acids is 1. The molecule has 3 N–H and O–H groups in total. The Morgan fingerprint density at radius 2 is 0.719 bits per heavy atom. The maximum atomic E-state index is 14.9. The Hall–Kier alpha value is -2.67. The van der Waals surface area contributed by atoms with E-state index in [-0.39, 0.29) is 24.3 Å². The fourth-order valence-electron chi connectivity index (χ4n) is 9.08. The van der Waals surface area contributed by atoms with Crippen LogP contribution in [0.5, 0.6) is 11.5 Å². The first-order chi connectivity index (χ1) is 29.6.